The standard InChI is InChI=1S/C18H40N2/c1-5-6-7-8-9-10-11-12-13-14-15-17(20-4)16-18(2,3)19/h17,20H,5-16,19H2,1-4H3. The third-order valence-corrected chi connectivity index (χ3v) is 4.09. The fourth-order valence-electron chi connectivity index (χ4n) is 2.86. The SMILES string of the molecule is CCCCCCCCCCCCC(CC(C)(C)N)NC. The van der Waals surface area contributed by atoms with Crippen LogP contribution in [0.2, 0.25) is 0 Å². The average Bonchev–Trinajstić information content (AvgIpc) is 2.38. The Kier molecular flexibility index (Phi) is 12.6. The summed E-state index contributed by atoms with van der Waals surface area (Å²) >= 11 is 0. The van der Waals surface area contributed by atoms with Gasteiger partial charge in [0.1, 0.15) is 0 Å². The van der Waals surface area contributed by atoms with Gasteiger partial charge in [0.15, 0.2) is 0 Å². The summed E-state index contributed by atoms with van der Waals surface area (Å²) in [5.41, 5.74) is 6.04. The van der Waals surface area contributed by atoms with Crippen LogP contribution in [0.4, 0.5) is 0 Å². The highest BCUT2D eigenvalue weighted by Crippen LogP contribution is 2.15. The molecule has 1 atom stereocenters. The predicted octanol–water partition coefficient (Wildman–Crippen LogP) is 5.01. The molecule has 0 rings (SSSR count). The second kappa shape index (κ2) is 12.6. The number of nitrogens with one attached hydrogen (secondary N) is 1. The van der Waals surface area contributed by atoms with Crippen LogP contribution >= 0.6 is 0 Å². The maximum absolute atomic E-state index is 6.09. The largest absolute Gasteiger partial charge is 0.326 e. The number of hydrogen-bond donors (Lipinski definition) is 2. The fourth-order valence-corrected chi connectivity index (χ4v) is 2.86. The fraction of sp³-hybridized carbons (Fsp3) is 1.00. The number of nitrogens with two attached hydrogens (primary N) is 1. The van der Waals surface area contributed by atoms with E-state index in [1.54, 1.807) is 0 Å². The molecule has 0 radical (unpaired) electrons. The lowest BCUT2D eigenvalue weighted by Gasteiger charge is -2.25. The second-order valence-electron chi connectivity index (χ2n) is 7.15. The van der Waals surface area contributed by atoms with Gasteiger partial charge in [-0.1, -0.05) is 71.1 Å². The Morgan fingerprint density at radius 3 is 1.70 bits per heavy atom. The van der Waals surface area contributed by atoms with Crippen molar-refractivity contribution in [1.82, 2.24) is 5.32 Å². The van der Waals surface area contributed by atoms with Crippen molar-refractivity contribution < 1.29 is 0 Å². The van der Waals surface area contributed by atoms with Crippen LogP contribution < -0.4 is 11.1 Å². The molecule has 0 heterocycles. The Hall–Kier alpha value is -0.0800. The van der Waals surface area contributed by atoms with Gasteiger partial charge in [-0.25, -0.2) is 0 Å². The van der Waals surface area contributed by atoms with Gasteiger partial charge >= 0.3 is 0 Å². The minimum absolute atomic E-state index is 0.0494. The maximum atomic E-state index is 6.09. The summed E-state index contributed by atoms with van der Waals surface area (Å²) in [6.07, 6.45) is 16.5. The molecule has 0 aromatic rings. The van der Waals surface area contributed by atoms with Gasteiger partial charge in [-0.3, -0.25) is 0 Å². The van der Waals surface area contributed by atoms with Crippen molar-refractivity contribution in [2.75, 3.05) is 7.05 Å². The minimum Gasteiger partial charge on any atom is -0.326 e. The lowest BCUT2D eigenvalue weighted by molar-refractivity contribution is 0.364. The van der Waals surface area contributed by atoms with Gasteiger partial charge in [0.2, 0.25) is 0 Å². The van der Waals surface area contributed by atoms with Gasteiger partial charge in [0.05, 0.1) is 0 Å². The molecule has 122 valence electrons. The van der Waals surface area contributed by atoms with E-state index in [0.29, 0.717) is 6.04 Å². The smallest absolute Gasteiger partial charge is 0.0112 e. The van der Waals surface area contributed by atoms with Crippen LogP contribution in [0, 0.1) is 0 Å². The Morgan fingerprint density at radius 2 is 1.30 bits per heavy atom. The molecule has 0 aliphatic rings. The van der Waals surface area contributed by atoms with Gasteiger partial charge < -0.3 is 11.1 Å². The van der Waals surface area contributed by atoms with E-state index < -0.39 is 0 Å². The first-order valence-electron chi connectivity index (χ1n) is 8.95. The molecular weight excluding hydrogens is 244 g/mol. The molecule has 0 aromatic carbocycles. The topological polar surface area (TPSA) is 38.0 Å². The predicted molar refractivity (Wildman–Crippen MR) is 92.2 cm³/mol. The van der Waals surface area contributed by atoms with E-state index in [4.69, 9.17) is 5.73 Å². The van der Waals surface area contributed by atoms with Gasteiger partial charge in [-0.05, 0) is 33.7 Å². The molecule has 0 saturated heterocycles. The lowest BCUT2D eigenvalue weighted by Crippen LogP contribution is -2.40. The van der Waals surface area contributed by atoms with Crippen molar-refractivity contribution in [3.63, 3.8) is 0 Å². The van der Waals surface area contributed by atoms with Crippen molar-refractivity contribution in [3.8, 4) is 0 Å². The zero-order valence-electron chi connectivity index (χ0n) is 14.6. The highest BCUT2D eigenvalue weighted by atomic mass is 14.9. The molecule has 0 amide bonds. The molecular formula is C18H40N2. The van der Waals surface area contributed by atoms with Crippen LogP contribution in [0.1, 0.15) is 97.8 Å². The minimum atomic E-state index is -0.0494. The molecule has 0 bridgehead atoms. The van der Waals surface area contributed by atoms with E-state index in [2.05, 4.69) is 33.1 Å². The van der Waals surface area contributed by atoms with E-state index in [-0.39, 0.29) is 5.54 Å². The summed E-state index contributed by atoms with van der Waals surface area (Å²) in [6.45, 7) is 6.52. The normalized spacial score (nSPS) is 13.7. The first kappa shape index (κ1) is 19.9. The first-order chi connectivity index (χ1) is 9.49. The van der Waals surface area contributed by atoms with Gasteiger partial charge in [0.25, 0.3) is 0 Å². The quantitative estimate of drug-likeness (QED) is 0.440. The zero-order chi connectivity index (χ0) is 15.3. The number of unbranched alkanes of at least 4 members (excludes halogenated alkanes) is 9. The monoisotopic (exact) mass is 284 g/mol. The maximum Gasteiger partial charge on any atom is 0.0112 e. The van der Waals surface area contributed by atoms with E-state index in [1.807, 2.05) is 0 Å². The summed E-state index contributed by atoms with van der Waals surface area (Å²) in [6, 6.07) is 0.587. The summed E-state index contributed by atoms with van der Waals surface area (Å²) in [7, 11) is 2.06. The van der Waals surface area contributed by atoms with Crippen LogP contribution in [0.3, 0.4) is 0 Å². The average molecular weight is 285 g/mol. The Bertz CT molecular complexity index is 196. The van der Waals surface area contributed by atoms with Crippen molar-refractivity contribution >= 4 is 0 Å². The van der Waals surface area contributed by atoms with Crippen LogP contribution in [-0.2, 0) is 0 Å². The summed E-state index contributed by atoms with van der Waals surface area (Å²) < 4.78 is 0. The highest BCUT2D eigenvalue weighted by molar-refractivity contribution is 4.79. The van der Waals surface area contributed by atoms with Crippen molar-refractivity contribution in [1.29, 1.82) is 0 Å². The summed E-state index contributed by atoms with van der Waals surface area (Å²) in [4.78, 5) is 0. The zero-order valence-corrected chi connectivity index (χ0v) is 14.6. The third-order valence-electron chi connectivity index (χ3n) is 4.09. The van der Waals surface area contributed by atoms with Crippen LogP contribution in [0.25, 0.3) is 0 Å². The van der Waals surface area contributed by atoms with Crippen LogP contribution in [0.15, 0.2) is 0 Å². The molecule has 0 aromatic heterocycles. The summed E-state index contributed by atoms with van der Waals surface area (Å²) in [5.74, 6) is 0. The van der Waals surface area contributed by atoms with Crippen molar-refractivity contribution in [2.45, 2.75) is 109 Å². The van der Waals surface area contributed by atoms with E-state index >= 15 is 0 Å². The first-order valence-corrected chi connectivity index (χ1v) is 8.95. The van der Waals surface area contributed by atoms with Gasteiger partial charge in [-0.15, -0.1) is 0 Å². The van der Waals surface area contributed by atoms with E-state index in [0.717, 1.165) is 6.42 Å². The molecule has 20 heavy (non-hydrogen) atoms. The third kappa shape index (κ3) is 14.3. The molecule has 1 unspecified atom stereocenters. The van der Waals surface area contributed by atoms with E-state index in [9.17, 15) is 0 Å². The molecule has 3 N–H and O–H groups in total. The second-order valence-corrected chi connectivity index (χ2v) is 7.15. The van der Waals surface area contributed by atoms with Gasteiger partial charge in [0, 0.05) is 11.6 Å². The number of hydrogen-bond acceptors (Lipinski definition) is 2. The summed E-state index contributed by atoms with van der Waals surface area (Å²) in [5, 5.41) is 3.41. The molecule has 0 spiro atoms. The van der Waals surface area contributed by atoms with Crippen LogP contribution in [0.5, 0.6) is 0 Å². The molecule has 0 aliphatic carbocycles. The van der Waals surface area contributed by atoms with Crippen LogP contribution in [-0.4, -0.2) is 18.6 Å². The molecule has 2 nitrogen and oxygen atoms in total. The van der Waals surface area contributed by atoms with Crippen molar-refractivity contribution in [3.05, 3.63) is 0 Å². The van der Waals surface area contributed by atoms with E-state index in [1.165, 1.54) is 70.6 Å². The number of rotatable bonds is 14. The highest BCUT2D eigenvalue weighted by Gasteiger charge is 2.17. The molecule has 0 fully saturated rings. The van der Waals surface area contributed by atoms with Gasteiger partial charge in [-0.2, -0.15) is 0 Å². The molecule has 0 aliphatic heterocycles. The Morgan fingerprint density at radius 1 is 0.850 bits per heavy atom. The molecule has 0 saturated carbocycles. The Balaban J connectivity index is 3.33. The van der Waals surface area contributed by atoms with Crippen molar-refractivity contribution in [2.24, 2.45) is 5.73 Å². The Labute approximate surface area is 128 Å². The molecule has 2 heteroatoms. The lowest BCUT2D eigenvalue weighted by atomic mass is 9.93.